The Bertz CT molecular complexity index is 2150. The van der Waals surface area contributed by atoms with Crippen LogP contribution in [-0.2, 0) is 28.2 Å². The predicted octanol–water partition coefficient (Wildman–Crippen LogP) is 5.76. The Hall–Kier alpha value is -4.40. The highest BCUT2D eigenvalue weighted by molar-refractivity contribution is 9.10. The molecule has 5 aromatic rings. The van der Waals surface area contributed by atoms with Gasteiger partial charge >= 0.3 is 0 Å². The minimum Gasteiger partial charge on any atom is -0.491 e. The Morgan fingerprint density at radius 3 is 2.56 bits per heavy atom. The second kappa shape index (κ2) is 14.2. The molecule has 4 heterocycles. The third-order valence-corrected chi connectivity index (χ3v) is 13.5. The number of hydrogen-bond acceptors (Lipinski definition) is 8. The summed E-state index contributed by atoms with van der Waals surface area (Å²) >= 11 is 3.64. The molecule has 0 aliphatic carbocycles. The number of anilines is 1. The number of aryl methyl sites for hydroxylation is 1. The lowest BCUT2D eigenvalue weighted by atomic mass is 9.82. The van der Waals surface area contributed by atoms with Crippen molar-refractivity contribution in [1.29, 1.82) is 0 Å². The molecule has 5 atom stereocenters. The van der Waals surface area contributed by atoms with Crippen molar-refractivity contribution in [1.82, 2.24) is 19.6 Å². The molecule has 1 saturated heterocycles. The average molecular weight is 785 g/mol. The normalized spacial score (nSPS) is 21.9. The van der Waals surface area contributed by atoms with Crippen molar-refractivity contribution >= 4 is 35.8 Å². The zero-order valence-electron chi connectivity index (χ0n) is 29.5. The minimum absolute atomic E-state index is 0.0990. The minimum atomic E-state index is -2.89. The van der Waals surface area contributed by atoms with Crippen LogP contribution in [0.2, 0.25) is 18.6 Å². The number of aromatic nitrogens is 4. The Labute approximate surface area is 311 Å². The largest absolute Gasteiger partial charge is 0.491 e. The molecule has 2 aliphatic rings. The van der Waals surface area contributed by atoms with Crippen molar-refractivity contribution in [3.8, 4) is 11.4 Å². The number of nitrogens with zero attached hydrogens (tertiary/aromatic N) is 5. The van der Waals surface area contributed by atoms with Crippen molar-refractivity contribution in [2.24, 2.45) is 5.92 Å². The van der Waals surface area contributed by atoms with E-state index in [4.69, 9.17) is 9.47 Å². The molecule has 0 bridgehead atoms. The number of ether oxygens (including phenoxy) is 2. The van der Waals surface area contributed by atoms with Crippen molar-refractivity contribution < 1.29 is 24.2 Å². The molecule has 2 aromatic heterocycles. The monoisotopic (exact) mass is 783 g/mol. The fourth-order valence-electron chi connectivity index (χ4n) is 8.19. The summed E-state index contributed by atoms with van der Waals surface area (Å²) in [5.74, 6) is -0.576. The molecule has 13 heteroatoms. The van der Waals surface area contributed by atoms with E-state index in [1.54, 1.807) is 27.9 Å². The third-order valence-electron chi connectivity index (χ3n) is 10.5. The van der Waals surface area contributed by atoms with E-state index in [0.717, 1.165) is 26.9 Å². The van der Waals surface area contributed by atoms with Gasteiger partial charge in [0.15, 0.2) is 19.7 Å². The number of aliphatic hydroxyl groups excluding tert-OH is 1. The first-order valence-electron chi connectivity index (χ1n) is 17.4. The van der Waals surface area contributed by atoms with Gasteiger partial charge in [0.1, 0.15) is 0 Å². The molecule has 2 aliphatic heterocycles. The van der Waals surface area contributed by atoms with Gasteiger partial charge in [-0.1, -0.05) is 70.5 Å². The fraction of sp³-hybridized carbons (Fsp3) is 0.333. The van der Waals surface area contributed by atoms with E-state index < -0.39 is 20.0 Å². The van der Waals surface area contributed by atoms with E-state index in [0.29, 0.717) is 24.3 Å². The lowest BCUT2D eigenvalue weighted by Crippen LogP contribution is -2.46. The number of rotatable bonds is 11. The van der Waals surface area contributed by atoms with Gasteiger partial charge < -0.3 is 24.3 Å². The van der Waals surface area contributed by atoms with Gasteiger partial charge in [-0.15, -0.1) is 5.10 Å². The Balaban J connectivity index is 1.19. The third kappa shape index (κ3) is 6.34. The van der Waals surface area contributed by atoms with Crippen molar-refractivity contribution in [3.63, 3.8) is 0 Å². The number of hydrogen-bond donors (Lipinski definition) is 2. The second-order valence-electron chi connectivity index (χ2n) is 14.2. The molecule has 3 aromatic carbocycles. The average Bonchev–Trinajstić information content (AvgIpc) is 3.78. The number of halogens is 1. The van der Waals surface area contributed by atoms with E-state index in [9.17, 15) is 19.5 Å². The van der Waals surface area contributed by atoms with Gasteiger partial charge in [-0.25, -0.2) is 0 Å². The standard InChI is InChI=1S/C39H42BrN5O6Si/c1-25-36(52(3,4)49)34(17-19-43-23-32(41-42-43)30(24-46)27-11-6-5-7-12-27)51-39(25)31-21-28(40)15-16-33(31)45(38(39)48)22-26-10-8-13-29(20-26)44-18-9-14-35(50-2)37(44)47/h5-16,18,20-21,23,25,30,34,36,46,49H,17,19,22,24H2,1-4H3/t25-,30?,34+,36-,39+/m1/s1. The van der Waals surface area contributed by atoms with Crippen LogP contribution in [-0.4, -0.2) is 63.5 Å². The van der Waals surface area contributed by atoms with E-state index in [-0.39, 0.29) is 47.7 Å². The molecule has 11 nitrogen and oxygen atoms in total. The second-order valence-corrected chi connectivity index (χ2v) is 19.1. The summed E-state index contributed by atoms with van der Waals surface area (Å²) in [5.41, 5.74) is 2.77. The lowest BCUT2D eigenvalue weighted by molar-refractivity contribution is -0.146. The maximum absolute atomic E-state index is 14.9. The van der Waals surface area contributed by atoms with Crippen LogP contribution < -0.4 is 15.2 Å². The van der Waals surface area contributed by atoms with Gasteiger partial charge in [-0.3, -0.25) is 18.8 Å². The number of fused-ring (bicyclic) bond motifs is 2. The molecule has 1 amide bonds. The molecule has 270 valence electrons. The van der Waals surface area contributed by atoms with E-state index in [1.165, 1.54) is 11.7 Å². The topological polar surface area (TPSA) is 132 Å². The number of benzene rings is 3. The number of pyridine rings is 1. The zero-order chi connectivity index (χ0) is 36.8. The molecule has 1 fully saturated rings. The summed E-state index contributed by atoms with van der Waals surface area (Å²) in [5, 5.41) is 18.9. The summed E-state index contributed by atoms with van der Waals surface area (Å²) in [7, 11) is -1.43. The van der Waals surface area contributed by atoms with Crippen LogP contribution in [0.1, 0.15) is 41.6 Å². The highest BCUT2D eigenvalue weighted by atomic mass is 79.9. The first kappa shape index (κ1) is 36.0. The molecule has 52 heavy (non-hydrogen) atoms. The lowest BCUT2D eigenvalue weighted by Gasteiger charge is -2.32. The molecule has 1 spiro atoms. The molecule has 1 unspecified atom stereocenters. The van der Waals surface area contributed by atoms with Gasteiger partial charge in [-0.2, -0.15) is 0 Å². The molecule has 7 rings (SSSR count). The molecule has 0 radical (unpaired) electrons. The van der Waals surface area contributed by atoms with Crippen LogP contribution in [0, 0.1) is 5.92 Å². The van der Waals surface area contributed by atoms with Crippen LogP contribution in [0.25, 0.3) is 5.69 Å². The highest BCUT2D eigenvalue weighted by Crippen LogP contribution is 2.60. The summed E-state index contributed by atoms with van der Waals surface area (Å²) in [6.45, 7) is 6.45. The maximum atomic E-state index is 14.9. The first-order chi connectivity index (χ1) is 25.0. The number of carbonyl (C=O) groups is 1. The van der Waals surface area contributed by atoms with E-state index in [2.05, 4.69) is 26.2 Å². The Morgan fingerprint density at radius 1 is 1.04 bits per heavy atom. The van der Waals surface area contributed by atoms with Crippen LogP contribution >= 0.6 is 15.9 Å². The Morgan fingerprint density at radius 2 is 1.83 bits per heavy atom. The molecule has 2 N–H and O–H groups in total. The molecular weight excluding hydrogens is 742 g/mol. The molecular formula is C39H42BrN5O6Si. The smallest absolute Gasteiger partial charge is 0.297 e. The summed E-state index contributed by atoms with van der Waals surface area (Å²) in [6.07, 6.45) is 3.60. The van der Waals surface area contributed by atoms with Gasteiger partial charge in [0.2, 0.25) is 0 Å². The summed E-state index contributed by atoms with van der Waals surface area (Å²) < 4.78 is 16.4. The van der Waals surface area contributed by atoms with Gasteiger partial charge in [0.25, 0.3) is 11.5 Å². The first-order valence-corrected chi connectivity index (χ1v) is 21.2. The van der Waals surface area contributed by atoms with Crippen LogP contribution in [0.3, 0.4) is 0 Å². The zero-order valence-corrected chi connectivity index (χ0v) is 32.1. The summed E-state index contributed by atoms with van der Waals surface area (Å²) in [4.78, 5) is 41.5. The summed E-state index contributed by atoms with van der Waals surface area (Å²) in [6, 6.07) is 26.5. The van der Waals surface area contributed by atoms with Crippen molar-refractivity contribution in [3.05, 3.63) is 135 Å². The van der Waals surface area contributed by atoms with Gasteiger partial charge in [0, 0.05) is 46.1 Å². The van der Waals surface area contributed by atoms with E-state index >= 15 is 0 Å². The highest BCUT2D eigenvalue weighted by Gasteiger charge is 2.66. The van der Waals surface area contributed by atoms with Gasteiger partial charge in [0.05, 0.1) is 43.7 Å². The number of methoxy groups -OCH3 is 1. The fourth-order valence-corrected chi connectivity index (χ4v) is 11.2. The number of aliphatic hydroxyl groups is 1. The quantitative estimate of drug-likeness (QED) is 0.162. The maximum Gasteiger partial charge on any atom is 0.297 e. The molecule has 0 saturated carbocycles. The van der Waals surface area contributed by atoms with Gasteiger partial charge in [-0.05, 0) is 73.1 Å². The number of amides is 1. The SMILES string of the molecule is COc1cccn(-c2cccc(CN3C(=O)[C@@]4(O[C@@H](CCn5cc(C(CO)c6ccccc6)nn5)[C@H]([Si](C)(C)O)[C@H]4C)c4cc(Br)ccc43)c2)c1=O. The van der Waals surface area contributed by atoms with Crippen molar-refractivity contribution in [2.45, 2.75) is 62.7 Å². The van der Waals surface area contributed by atoms with Crippen LogP contribution in [0.5, 0.6) is 5.75 Å². The number of carbonyl (C=O) groups excluding carboxylic acids is 1. The van der Waals surface area contributed by atoms with Crippen LogP contribution in [0.15, 0.2) is 107 Å². The van der Waals surface area contributed by atoms with Crippen molar-refractivity contribution in [2.75, 3.05) is 18.6 Å². The van der Waals surface area contributed by atoms with Crippen LogP contribution in [0.4, 0.5) is 5.69 Å². The predicted molar refractivity (Wildman–Crippen MR) is 203 cm³/mol. The Kier molecular flexibility index (Phi) is 9.82. The van der Waals surface area contributed by atoms with E-state index in [1.807, 2.05) is 99.0 Å².